The van der Waals surface area contributed by atoms with Crippen LogP contribution >= 0.6 is 0 Å². The largest absolute Gasteiger partial charge is 0.455 e. The predicted molar refractivity (Wildman–Crippen MR) is 91.5 cm³/mol. The van der Waals surface area contributed by atoms with Crippen LogP contribution in [0.15, 0.2) is 42.9 Å². The van der Waals surface area contributed by atoms with Gasteiger partial charge in [-0.05, 0) is 50.3 Å². The number of hydrogen-bond donors (Lipinski definition) is 0. The van der Waals surface area contributed by atoms with Gasteiger partial charge < -0.3 is 9.14 Å². The summed E-state index contributed by atoms with van der Waals surface area (Å²) in [6.07, 6.45) is 10.7. The van der Waals surface area contributed by atoms with E-state index in [-0.39, 0.29) is 18.1 Å². The molecule has 2 atom stereocenters. The highest BCUT2D eigenvalue weighted by Gasteiger charge is 2.35. The number of carbonyl (C=O) groups is 1. The molecule has 0 bridgehead atoms. The van der Waals surface area contributed by atoms with Crippen molar-refractivity contribution in [2.75, 3.05) is 0 Å². The molecule has 5 rings (SSSR count). The third kappa shape index (κ3) is 2.52. The van der Waals surface area contributed by atoms with E-state index in [1.165, 1.54) is 0 Å². The Labute approximate surface area is 145 Å². The fraction of sp³-hybridized carbons (Fsp3) is 0.421. The molecule has 0 N–H and O–H groups in total. The van der Waals surface area contributed by atoms with Gasteiger partial charge in [0.15, 0.2) is 5.69 Å². The summed E-state index contributed by atoms with van der Waals surface area (Å²) in [5.41, 5.74) is 1.27. The quantitative estimate of drug-likeness (QED) is 0.686. The van der Waals surface area contributed by atoms with Gasteiger partial charge in [-0.3, -0.25) is 4.68 Å². The first-order valence-electron chi connectivity index (χ1n) is 8.98. The van der Waals surface area contributed by atoms with Crippen LogP contribution in [0.2, 0.25) is 0 Å². The number of aromatic nitrogens is 4. The van der Waals surface area contributed by atoms with E-state index >= 15 is 0 Å². The van der Waals surface area contributed by atoms with Crippen molar-refractivity contribution in [2.45, 2.75) is 50.2 Å². The van der Waals surface area contributed by atoms with Crippen LogP contribution < -0.4 is 0 Å². The van der Waals surface area contributed by atoms with Crippen LogP contribution in [0.1, 0.15) is 60.4 Å². The van der Waals surface area contributed by atoms with Crippen LogP contribution in [0.3, 0.4) is 0 Å². The molecular weight excluding hydrogens is 316 g/mol. The number of fused-ring (bicyclic) bond motifs is 1. The maximum absolute atomic E-state index is 12.9. The summed E-state index contributed by atoms with van der Waals surface area (Å²) in [5.74, 6) is 1.14. The van der Waals surface area contributed by atoms with Gasteiger partial charge in [0, 0.05) is 24.5 Å². The normalized spacial score (nSPS) is 23.2. The van der Waals surface area contributed by atoms with Crippen LogP contribution in [0.5, 0.6) is 0 Å². The Morgan fingerprint density at radius 2 is 2.04 bits per heavy atom. The molecule has 3 aromatic rings. The summed E-state index contributed by atoms with van der Waals surface area (Å²) in [7, 11) is 0. The summed E-state index contributed by atoms with van der Waals surface area (Å²) in [5, 5.41) is 4.32. The topological polar surface area (TPSA) is 61.4 Å². The minimum absolute atomic E-state index is 0.121. The summed E-state index contributed by atoms with van der Waals surface area (Å²) in [4.78, 5) is 17.5. The smallest absolute Gasteiger partial charge is 0.359 e. The van der Waals surface area contributed by atoms with Gasteiger partial charge in [-0.25, -0.2) is 9.78 Å². The number of hydrogen-bond acceptors (Lipinski definition) is 4. The van der Waals surface area contributed by atoms with E-state index in [2.05, 4.69) is 10.1 Å². The number of imidazole rings is 1. The lowest BCUT2D eigenvalue weighted by molar-refractivity contribution is 0.0206. The maximum atomic E-state index is 12.9. The van der Waals surface area contributed by atoms with Crippen molar-refractivity contribution in [3.05, 3.63) is 54.4 Å². The molecule has 6 nitrogen and oxygen atoms in total. The second-order valence-corrected chi connectivity index (χ2v) is 6.98. The Kier molecular flexibility index (Phi) is 3.36. The van der Waals surface area contributed by atoms with Crippen LogP contribution in [-0.4, -0.2) is 31.2 Å². The zero-order valence-corrected chi connectivity index (χ0v) is 13.9. The van der Waals surface area contributed by atoms with Crippen LogP contribution in [-0.2, 0) is 4.74 Å². The molecule has 128 valence electrons. The molecule has 0 amide bonds. The SMILES string of the molecule is O=C(O[C@@H]1CCC[C@H]1n1cccn1)c1nc(C2CC2)n2ccccc12. The van der Waals surface area contributed by atoms with E-state index in [9.17, 15) is 4.79 Å². The zero-order valence-electron chi connectivity index (χ0n) is 13.9. The van der Waals surface area contributed by atoms with Gasteiger partial charge >= 0.3 is 5.97 Å². The van der Waals surface area contributed by atoms with Crippen LogP contribution in [0.25, 0.3) is 5.52 Å². The minimum Gasteiger partial charge on any atom is -0.455 e. The van der Waals surface area contributed by atoms with Gasteiger partial charge in [-0.1, -0.05) is 6.07 Å². The van der Waals surface area contributed by atoms with Crippen molar-refractivity contribution < 1.29 is 9.53 Å². The van der Waals surface area contributed by atoms with Gasteiger partial charge in [-0.15, -0.1) is 0 Å². The Balaban J connectivity index is 1.44. The first-order valence-corrected chi connectivity index (χ1v) is 8.98. The van der Waals surface area contributed by atoms with E-state index in [1.54, 1.807) is 6.20 Å². The number of rotatable bonds is 4. The second-order valence-electron chi connectivity index (χ2n) is 6.98. The van der Waals surface area contributed by atoms with Crippen molar-refractivity contribution in [2.24, 2.45) is 0 Å². The first-order chi connectivity index (χ1) is 12.3. The summed E-state index contributed by atoms with van der Waals surface area (Å²) in [6, 6.07) is 7.88. The lowest BCUT2D eigenvalue weighted by Crippen LogP contribution is -2.25. The van der Waals surface area contributed by atoms with Gasteiger partial charge in [0.1, 0.15) is 11.9 Å². The molecule has 2 fully saturated rings. The molecule has 25 heavy (non-hydrogen) atoms. The highest BCUT2D eigenvalue weighted by Crippen LogP contribution is 2.40. The van der Waals surface area contributed by atoms with Crippen molar-refractivity contribution in [1.82, 2.24) is 19.2 Å². The van der Waals surface area contributed by atoms with Gasteiger partial charge in [0.05, 0.1) is 11.6 Å². The molecule has 2 aliphatic rings. The zero-order chi connectivity index (χ0) is 16.8. The van der Waals surface area contributed by atoms with Crippen LogP contribution in [0.4, 0.5) is 0 Å². The molecule has 0 aliphatic heterocycles. The van der Waals surface area contributed by atoms with Crippen molar-refractivity contribution >= 4 is 11.5 Å². The minimum atomic E-state index is -0.320. The van der Waals surface area contributed by atoms with Crippen LogP contribution in [0, 0.1) is 0 Å². The summed E-state index contributed by atoms with van der Waals surface area (Å²) >= 11 is 0. The number of carbonyl (C=O) groups excluding carboxylic acids is 1. The van der Waals surface area contributed by atoms with Crippen molar-refractivity contribution in [3.63, 3.8) is 0 Å². The third-order valence-electron chi connectivity index (χ3n) is 5.25. The number of ether oxygens (including phenoxy) is 1. The molecule has 3 heterocycles. The van der Waals surface area contributed by atoms with Crippen molar-refractivity contribution in [3.8, 4) is 0 Å². The van der Waals surface area contributed by atoms with E-state index in [0.29, 0.717) is 11.6 Å². The number of pyridine rings is 1. The molecule has 2 aliphatic carbocycles. The molecule has 0 aromatic carbocycles. The predicted octanol–water partition coefficient (Wildman–Crippen LogP) is 3.36. The van der Waals surface area contributed by atoms with Gasteiger partial charge in [-0.2, -0.15) is 5.10 Å². The monoisotopic (exact) mass is 336 g/mol. The molecule has 0 saturated heterocycles. The number of esters is 1. The van der Waals surface area contributed by atoms with Gasteiger partial charge in [0.25, 0.3) is 0 Å². The average molecular weight is 336 g/mol. The highest BCUT2D eigenvalue weighted by atomic mass is 16.5. The molecule has 3 aromatic heterocycles. The maximum Gasteiger partial charge on any atom is 0.359 e. The second kappa shape index (κ2) is 5.72. The van der Waals surface area contributed by atoms with E-state index < -0.39 is 0 Å². The fourth-order valence-corrected chi connectivity index (χ4v) is 3.86. The lowest BCUT2D eigenvalue weighted by atomic mass is 10.2. The van der Waals surface area contributed by atoms with Gasteiger partial charge in [0.2, 0.25) is 0 Å². The summed E-state index contributed by atoms with van der Waals surface area (Å²) < 4.78 is 9.82. The fourth-order valence-electron chi connectivity index (χ4n) is 3.86. The molecule has 6 heteroatoms. The Morgan fingerprint density at radius 3 is 2.84 bits per heavy atom. The lowest BCUT2D eigenvalue weighted by Gasteiger charge is -2.20. The highest BCUT2D eigenvalue weighted by molar-refractivity contribution is 5.95. The Bertz CT molecular complexity index is 911. The molecule has 0 spiro atoms. The number of nitrogens with zero attached hydrogens (tertiary/aromatic N) is 4. The summed E-state index contributed by atoms with van der Waals surface area (Å²) in [6.45, 7) is 0. The standard InChI is InChI=1S/C19H20N4O2/c24-19(25-16-7-3-6-14(16)23-12-4-10-20-23)17-15-5-1-2-11-22(15)18(21-17)13-8-9-13/h1-2,4-5,10-14,16H,3,6-9H2/t14-,16-/m1/s1. The average Bonchev–Trinajstić information content (AvgIpc) is 3.04. The third-order valence-corrected chi connectivity index (χ3v) is 5.25. The van der Waals surface area contributed by atoms with E-state index in [0.717, 1.165) is 43.4 Å². The molecule has 2 saturated carbocycles. The van der Waals surface area contributed by atoms with E-state index in [4.69, 9.17) is 4.74 Å². The van der Waals surface area contributed by atoms with E-state index in [1.807, 2.05) is 45.7 Å². The first kappa shape index (κ1) is 14.7. The molecular formula is C19H20N4O2. The Hall–Kier alpha value is -2.63. The molecule has 0 radical (unpaired) electrons. The Morgan fingerprint density at radius 1 is 1.12 bits per heavy atom. The molecule has 0 unspecified atom stereocenters. The van der Waals surface area contributed by atoms with Crippen molar-refractivity contribution in [1.29, 1.82) is 0 Å².